The van der Waals surface area contributed by atoms with Gasteiger partial charge in [-0.1, -0.05) is 64.1 Å². The van der Waals surface area contributed by atoms with E-state index >= 15 is 0 Å². The second-order valence-corrected chi connectivity index (χ2v) is 12.8. The lowest BCUT2D eigenvalue weighted by Crippen LogP contribution is -2.60. The first-order chi connectivity index (χ1) is 19.8. The topological polar surface area (TPSA) is 142 Å². The maximum absolute atomic E-state index is 14.0. The molecule has 11 heteroatoms. The van der Waals surface area contributed by atoms with Crippen molar-refractivity contribution in [3.8, 4) is 11.3 Å². The van der Waals surface area contributed by atoms with E-state index < -0.39 is 40.4 Å². The number of anilines is 2. The first-order valence-corrected chi connectivity index (χ1v) is 13.8. The standard InChI is InChI=1S/C31H35N5O6/c1-30(2,3)18-31(4,5)27(37)25-15-14-23-26(35(25)32-20-8-12-22(13-9-20)36(40)41)29(39)34(28(23)38)21-10-6-19(7-11-21)24-16-17-42-33-24/h6-17,23,25-27,32,37H,18H2,1-5H3/t23-,25?,26+,27+/m1/s1. The third-order valence-electron chi connectivity index (χ3n) is 7.76. The van der Waals surface area contributed by atoms with E-state index in [0.29, 0.717) is 23.5 Å². The van der Waals surface area contributed by atoms with Gasteiger partial charge in [0, 0.05) is 29.4 Å². The van der Waals surface area contributed by atoms with Crippen molar-refractivity contribution < 1.29 is 24.1 Å². The number of hydrazine groups is 1. The largest absolute Gasteiger partial charge is 0.391 e. The van der Waals surface area contributed by atoms with E-state index in [1.54, 1.807) is 47.5 Å². The normalized spacial score (nSPS) is 21.9. The number of fused-ring (bicyclic) bond motifs is 1. The van der Waals surface area contributed by atoms with Crippen LogP contribution in [0.15, 0.2) is 77.5 Å². The summed E-state index contributed by atoms with van der Waals surface area (Å²) in [6.07, 6.45) is 4.73. The van der Waals surface area contributed by atoms with Gasteiger partial charge in [-0.3, -0.25) is 19.7 Å². The third kappa shape index (κ3) is 5.57. The number of aromatic nitrogens is 1. The summed E-state index contributed by atoms with van der Waals surface area (Å²) < 4.78 is 4.91. The Labute approximate surface area is 243 Å². The predicted octanol–water partition coefficient (Wildman–Crippen LogP) is 5.20. The number of benzene rings is 2. The summed E-state index contributed by atoms with van der Waals surface area (Å²) in [6, 6.07) is 12.8. The number of rotatable bonds is 8. The number of nitrogens with zero attached hydrogens (tertiary/aromatic N) is 4. The highest BCUT2D eigenvalue weighted by Crippen LogP contribution is 2.42. The Kier molecular flexibility index (Phi) is 7.50. The van der Waals surface area contributed by atoms with Crippen molar-refractivity contribution in [3.63, 3.8) is 0 Å². The van der Waals surface area contributed by atoms with E-state index in [4.69, 9.17) is 4.52 Å². The molecule has 2 aromatic carbocycles. The molecule has 0 radical (unpaired) electrons. The molecule has 42 heavy (non-hydrogen) atoms. The summed E-state index contributed by atoms with van der Waals surface area (Å²) in [7, 11) is 0. The molecule has 0 saturated carbocycles. The van der Waals surface area contributed by atoms with Crippen LogP contribution in [0.25, 0.3) is 11.3 Å². The summed E-state index contributed by atoms with van der Waals surface area (Å²) in [5.41, 5.74) is 4.81. The summed E-state index contributed by atoms with van der Waals surface area (Å²) in [4.78, 5) is 39.6. The molecule has 2 amide bonds. The molecule has 2 aliphatic heterocycles. The highest BCUT2D eigenvalue weighted by molar-refractivity contribution is 6.24. The fraction of sp³-hybridized carbons (Fsp3) is 0.387. The minimum atomic E-state index is -0.960. The Morgan fingerprint density at radius 1 is 1.00 bits per heavy atom. The molecule has 11 nitrogen and oxygen atoms in total. The van der Waals surface area contributed by atoms with Crippen LogP contribution in [0.3, 0.4) is 0 Å². The van der Waals surface area contributed by atoms with Crippen LogP contribution >= 0.6 is 0 Å². The molecule has 0 aliphatic carbocycles. The van der Waals surface area contributed by atoms with Gasteiger partial charge < -0.3 is 15.1 Å². The lowest BCUT2D eigenvalue weighted by molar-refractivity contribution is -0.384. The molecule has 4 atom stereocenters. The van der Waals surface area contributed by atoms with Crippen LogP contribution in [-0.4, -0.2) is 50.2 Å². The van der Waals surface area contributed by atoms with Gasteiger partial charge in [0.05, 0.1) is 28.7 Å². The second kappa shape index (κ2) is 10.8. The molecular weight excluding hydrogens is 538 g/mol. The summed E-state index contributed by atoms with van der Waals surface area (Å²) in [5, 5.41) is 28.5. The smallest absolute Gasteiger partial charge is 0.269 e. The molecule has 5 rings (SSSR count). The minimum absolute atomic E-state index is 0.0733. The van der Waals surface area contributed by atoms with Gasteiger partial charge in [-0.05, 0) is 41.5 Å². The van der Waals surface area contributed by atoms with Crippen molar-refractivity contribution in [2.24, 2.45) is 16.7 Å². The SMILES string of the molecule is CC(C)(C)CC(C)(C)[C@@H](O)C1C=C[C@H]2C(=O)N(c3ccc(-c4ccon4)cc3)C(=O)[C@H]2N1Nc1ccc([N+](=O)[O-])cc1. The monoisotopic (exact) mass is 573 g/mol. The minimum Gasteiger partial charge on any atom is -0.391 e. The lowest BCUT2D eigenvalue weighted by Gasteiger charge is -2.46. The number of imide groups is 1. The second-order valence-electron chi connectivity index (χ2n) is 12.8. The fourth-order valence-corrected chi connectivity index (χ4v) is 6.21. The van der Waals surface area contributed by atoms with Crippen LogP contribution in [0.4, 0.5) is 17.1 Å². The first-order valence-electron chi connectivity index (χ1n) is 13.8. The number of non-ortho nitro benzene ring substituents is 1. The summed E-state index contributed by atoms with van der Waals surface area (Å²) in [5.74, 6) is -1.62. The van der Waals surface area contributed by atoms with Gasteiger partial charge in [-0.2, -0.15) is 0 Å². The van der Waals surface area contributed by atoms with E-state index in [2.05, 4.69) is 31.4 Å². The number of nitrogens with one attached hydrogen (secondary N) is 1. The molecule has 3 aromatic rings. The van der Waals surface area contributed by atoms with Gasteiger partial charge >= 0.3 is 0 Å². The summed E-state index contributed by atoms with van der Waals surface area (Å²) in [6.45, 7) is 10.3. The zero-order chi connectivity index (χ0) is 30.4. The van der Waals surface area contributed by atoms with Crippen molar-refractivity contribution in [1.82, 2.24) is 10.2 Å². The Bertz CT molecular complexity index is 1490. The zero-order valence-electron chi connectivity index (χ0n) is 24.2. The molecule has 1 unspecified atom stereocenters. The molecule has 1 aromatic heterocycles. The van der Waals surface area contributed by atoms with Gasteiger partial charge in [-0.25, -0.2) is 9.91 Å². The highest BCUT2D eigenvalue weighted by atomic mass is 16.6. The van der Waals surface area contributed by atoms with E-state index in [1.807, 2.05) is 13.8 Å². The quantitative estimate of drug-likeness (QED) is 0.161. The van der Waals surface area contributed by atoms with E-state index in [0.717, 1.165) is 5.56 Å². The molecule has 2 aliphatic rings. The van der Waals surface area contributed by atoms with Gasteiger partial charge in [-0.15, -0.1) is 0 Å². The predicted molar refractivity (Wildman–Crippen MR) is 157 cm³/mol. The van der Waals surface area contributed by atoms with Crippen molar-refractivity contribution in [3.05, 3.63) is 83.1 Å². The molecule has 220 valence electrons. The maximum Gasteiger partial charge on any atom is 0.269 e. The number of hydrogen-bond donors (Lipinski definition) is 2. The van der Waals surface area contributed by atoms with E-state index in [-0.39, 0.29) is 17.0 Å². The molecule has 1 saturated heterocycles. The molecule has 0 bridgehead atoms. The van der Waals surface area contributed by atoms with Gasteiger partial charge in [0.1, 0.15) is 18.0 Å². The van der Waals surface area contributed by atoms with Gasteiger partial charge in [0.2, 0.25) is 5.91 Å². The van der Waals surface area contributed by atoms with E-state index in [9.17, 15) is 24.8 Å². The van der Waals surface area contributed by atoms with Crippen molar-refractivity contribution in [1.29, 1.82) is 0 Å². The number of aliphatic hydroxyl groups excluding tert-OH is 1. The average molecular weight is 574 g/mol. The number of nitro groups is 1. The number of amides is 2. The molecular formula is C31H35N5O6. The van der Waals surface area contributed by atoms with Crippen LogP contribution in [0.5, 0.6) is 0 Å². The van der Waals surface area contributed by atoms with Crippen molar-refractivity contribution in [2.45, 2.75) is 59.2 Å². The van der Waals surface area contributed by atoms with Crippen LogP contribution in [0.2, 0.25) is 0 Å². The Balaban J connectivity index is 1.50. The van der Waals surface area contributed by atoms with E-state index in [1.165, 1.54) is 35.4 Å². The van der Waals surface area contributed by atoms with Crippen LogP contribution in [-0.2, 0) is 9.59 Å². The summed E-state index contributed by atoms with van der Waals surface area (Å²) >= 11 is 0. The molecule has 1 fully saturated rings. The molecule has 2 N–H and O–H groups in total. The molecule has 0 spiro atoms. The first kappa shape index (κ1) is 29.2. The van der Waals surface area contributed by atoms with Crippen LogP contribution < -0.4 is 10.3 Å². The van der Waals surface area contributed by atoms with Crippen LogP contribution in [0, 0.1) is 26.9 Å². The molecule has 3 heterocycles. The Morgan fingerprint density at radius 2 is 1.67 bits per heavy atom. The maximum atomic E-state index is 14.0. The average Bonchev–Trinajstić information content (AvgIpc) is 3.55. The number of carbonyl (C=O) groups excluding carboxylic acids is 2. The Morgan fingerprint density at radius 3 is 2.24 bits per heavy atom. The van der Waals surface area contributed by atoms with Crippen molar-refractivity contribution >= 4 is 28.9 Å². The van der Waals surface area contributed by atoms with Crippen molar-refractivity contribution in [2.75, 3.05) is 10.3 Å². The lowest BCUT2D eigenvalue weighted by atomic mass is 9.70. The fourth-order valence-electron chi connectivity index (χ4n) is 6.21. The third-order valence-corrected chi connectivity index (χ3v) is 7.76. The van der Waals surface area contributed by atoms with Gasteiger partial charge in [0.15, 0.2) is 0 Å². The Hall–Kier alpha value is -4.35. The van der Waals surface area contributed by atoms with Crippen LogP contribution in [0.1, 0.15) is 41.0 Å². The number of aliphatic hydroxyl groups is 1. The zero-order valence-corrected chi connectivity index (χ0v) is 24.2. The number of nitro benzene ring substituents is 1. The van der Waals surface area contributed by atoms with Gasteiger partial charge in [0.25, 0.3) is 11.6 Å². The number of carbonyl (C=O) groups is 2. The number of hydrogen-bond acceptors (Lipinski definition) is 9. The highest BCUT2D eigenvalue weighted by Gasteiger charge is 2.55.